The highest BCUT2D eigenvalue weighted by Gasteiger charge is 2.49. The Kier molecular flexibility index (Phi) is 3.05. The second-order valence-electron chi connectivity index (χ2n) is 5.96. The quantitative estimate of drug-likeness (QED) is 0.787. The number of ether oxygens (including phenoxy) is 1. The van der Waals surface area contributed by atoms with Gasteiger partial charge >= 0.3 is 0 Å². The van der Waals surface area contributed by atoms with E-state index in [0.717, 1.165) is 24.1 Å². The minimum Gasteiger partial charge on any atom is -0.481 e. The Morgan fingerprint density at radius 3 is 2.90 bits per heavy atom. The van der Waals surface area contributed by atoms with E-state index in [9.17, 15) is 10.1 Å². The van der Waals surface area contributed by atoms with Crippen LogP contribution < -0.4 is 4.74 Å². The number of Topliss-reactive ketones (excluding diaryl/α,β-unsaturated/α-hetero) is 1. The van der Waals surface area contributed by atoms with Crippen molar-refractivity contribution in [3.8, 4) is 11.9 Å². The molecule has 21 heavy (non-hydrogen) atoms. The Morgan fingerprint density at radius 1 is 1.48 bits per heavy atom. The van der Waals surface area contributed by atoms with Gasteiger partial charge in [0, 0.05) is 16.9 Å². The number of allylic oxidation sites excluding steroid dienone is 2. The molecule has 3 atom stereocenters. The van der Waals surface area contributed by atoms with E-state index in [1.165, 1.54) is 6.33 Å². The van der Waals surface area contributed by atoms with Gasteiger partial charge in [-0.25, -0.2) is 9.97 Å². The highest BCUT2D eigenvalue weighted by atomic mass is 16.5. The molecule has 0 N–H and O–H groups in total. The molecule has 0 saturated heterocycles. The summed E-state index contributed by atoms with van der Waals surface area (Å²) in [5.74, 6) is 0.540. The van der Waals surface area contributed by atoms with Gasteiger partial charge in [0.25, 0.3) is 0 Å². The number of nitriles is 1. The molecule has 0 fully saturated rings. The van der Waals surface area contributed by atoms with Gasteiger partial charge in [0.15, 0.2) is 5.78 Å². The Labute approximate surface area is 123 Å². The molecule has 0 aliphatic heterocycles. The minimum atomic E-state index is -0.414. The molecule has 0 bridgehead atoms. The van der Waals surface area contributed by atoms with Crippen molar-refractivity contribution in [2.45, 2.75) is 32.1 Å². The molecule has 1 heterocycles. The maximum atomic E-state index is 12.2. The van der Waals surface area contributed by atoms with E-state index in [1.807, 2.05) is 13.0 Å². The van der Waals surface area contributed by atoms with Crippen LogP contribution >= 0.6 is 0 Å². The third kappa shape index (κ3) is 1.79. The van der Waals surface area contributed by atoms with Crippen LogP contribution in [0.15, 0.2) is 18.0 Å². The van der Waals surface area contributed by atoms with Gasteiger partial charge in [-0.15, -0.1) is 0 Å². The molecule has 0 saturated carbocycles. The average Bonchev–Trinajstić information content (AvgIpc) is 2.50. The lowest BCUT2D eigenvalue weighted by atomic mass is 9.58. The van der Waals surface area contributed by atoms with E-state index in [1.54, 1.807) is 13.2 Å². The van der Waals surface area contributed by atoms with Crippen LogP contribution in [0.1, 0.15) is 31.5 Å². The largest absolute Gasteiger partial charge is 0.481 e. The average molecular weight is 283 g/mol. The molecule has 5 heteroatoms. The first-order chi connectivity index (χ1) is 10.0. The third-order valence-electron chi connectivity index (χ3n) is 4.93. The molecular weight excluding hydrogens is 266 g/mol. The summed E-state index contributed by atoms with van der Waals surface area (Å²) in [7, 11) is 1.60. The highest BCUT2D eigenvalue weighted by molar-refractivity contribution is 6.02. The smallest absolute Gasteiger partial charge is 0.219 e. The van der Waals surface area contributed by atoms with Crippen LogP contribution in [0.4, 0.5) is 0 Å². The second-order valence-corrected chi connectivity index (χ2v) is 5.96. The van der Waals surface area contributed by atoms with Crippen molar-refractivity contribution >= 4 is 5.78 Å². The summed E-state index contributed by atoms with van der Waals surface area (Å²) in [5.41, 5.74) is 1.71. The molecule has 2 aliphatic carbocycles. The van der Waals surface area contributed by atoms with E-state index >= 15 is 0 Å². The van der Waals surface area contributed by atoms with Crippen molar-refractivity contribution in [1.82, 2.24) is 9.97 Å². The number of carbonyl (C=O) groups excluding carboxylic acids is 1. The molecular formula is C16H17N3O2. The SMILES string of the molecule is COc1ncnc2c1CC[C@H]1[C@H](C)C(=O)C(C#N)=C[C@]21C. The number of nitrogens with zero attached hydrogens (tertiary/aromatic N) is 3. The molecule has 0 aromatic carbocycles. The number of carbonyl (C=O) groups is 1. The third-order valence-corrected chi connectivity index (χ3v) is 4.93. The van der Waals surface area contributed by atoms with Gasteiger partial charge in [-0.3, -0.25) is 4.79 Å². The van der Waals surface area contributed by atoms with Crippen molar-refractivity contribution in [2.24, 2.45) is 11.8 Å². The first-order valence-corrected chi connectivity index (χ1v) is 7.08. The monoisotopic (exact) mass is 283 g/mol. The molecule has 108 valence electrons. The normalized spacial score (nSPS) is 30.8. The maximum Gasteiger partial charge on any atom is 0.219 e. The van der Waals surface area contributed by atoms with Crippen LogP contribution in [0.2, 0.25) is 0 Å². The molecule has 1 aromatic heterocycles. The predicted octanol–water partition coefficient (Wildman–Crippen LogP) is 1.97. The standard InChI is InChI=1S/C16H17N3O2/c1-9-12-5-4-11-14(18-8-19-15(11)21-3)16(12,2)6-10(7-17)13(9)20/h6,8-9,12H,4-5H2,1-3H3/t9-,12-,16-/m0/s1. The van der Waals surface area contributed by atoms with Gasteiger partial charge in [0.1, 0.15) is 12.4 Å². The Bertz CT molecular complexity index is 689. The maximum absolute atomic E-state index is 12.2. The predicted molar refractivity (Wildman–Crippen MR) is 75.6 cm³/mol. The lowest BCUT2D eigenvalue weighted by Crippen LogP contribution is -2.46. The summed E-state index contributed by atoms with van der Waals surface area (Å²) < 4.78 is 5.33. The molecule has 0 spiro atoms. The minimum absolute atomic E-state index is 0.0514. The molecule has 0 unspecified atom stereocenters. The van der Waals surface area contributed by atoms with Gasteiger partial charge in [-0.1, -0.05) is 19.9 Å². The Balaban J connectivity index is 2.24. The molecule has 3 rings (SSSR count). The summed E-state index contributed by atoms with van der Waals surface area (Å²) in [6, 6.07) is 2.04. The van der Waals surface area contributed by atoms with E-state index in [0.29, 0.717) is 5.88 Å². The van der Waals surface area contributed by atoms with Gasteiger partial charge in [-0.05, 0) is 18.8 Å². The lowest BCUT2D eigenvalue weighted by molar-refractivity contribution is -0.121. The summed E-state index contributed by atoms with van der Waals surface area (Å²) in [5, 5.41) is 9.24. The Morgan fingerprint density at radius 2 is 2.24 bits per heavy atom. The van der Waals surface area contributed by atoms with Gasteiger partial charge < -0.3 is 4.74 Å². The Hall–Kier alpha value is -2.22. The van der Waals surface area contributed by atoms with Crippen LogP contribution in [-0.2, 0) is 16.6 Å². The summed E-state index contributed by atoms with van der Waals surface area (Å²) >= 11 is 0. The topological polar surface area (TPSA) is 75.9 Å². The second kappa shape index (κ2) is 4.66. The van der Waals surface area contributed by atoms with Crippen molar-refractivity contribution in [2.75, 3.05) is 7.11 Å². The van der Waals surface area contributed by atoms with Gasteiger partial charge in [-0.2, -0.15) is 5.26 Å². The first-order valence-electron chi connectivity index (χ1n) is 7.08. The van der Waals surface area contributed by atoms with Gasteiger partial charge in [0.2, 0.25) is 5.88 Å². The van der Waals surface area contributed by atoms with E-state index in [4.69, 9.17) is 4.74 Å². The summed E-state index contributed by atoms with van der Waals surface area (Å²) in [4.78, 5) is 20.9. The fourth-order valence-electron chi connectivity index (χ4n) is 3.87. The number of hydrogen-bond acceptors (Lipinski definition) is 5. The molecule has 5 nitrogen and oxygen atoms in total. The van der Waals surface area contributed by atoms with Gasteiger partial charge in [0.05, 0.1) is 18.4 Å². The van der Waals surface area contributed by atoms with Crippen molar-refractivity contribution in [1.29, 1.82) is 5.26 Å². The van der Waals surface area contributed by atoms with Crippen molar-refractivity contribution in [3.05, 3.63) is 29.2 Å². The summed E-state index contributed by atoms with van der Waals surface area (Å²) in [6.07, 6.45) is 4.96. The number of methoxy groups -OCH3 is 1. The van der Waals surface area contributed by atoms with Crippen LogP contribution in [0, 0.1) is 23.2 Å². The van der Waals surface area contributed by atoms with E-state index in [-0.39, 0.29) is 23.2 Å². The molecule has 0 radical (unpaired) electrons. The van der Waals surface area contributed by atoms with Crippen LogP contribution in [0.25, 0.3) is 0 Å². The zero-order chi connectivity index (χ0) is 15.2. The molecule has 2 aliphatic rings. The lowest BCUT2D eigenvalue weighted by Gasteiger charge is -2.45. The number of ketones is 1. The zero-order valence-electron chi connectivity index (χ0n) is 12.4. The van der Waals surface area contributed by atoms with E-state index in [2.05, 4.69) is 16.9 Å². The number of fused-ring (bicyclic) bond motifs is 3. The number of aromatic nitrogens is 2. The number of rotatable bonds is 1. The summed E-state index contributed by atoms with van der Waals surface area (Å²) in [6.45, 7) is 3.97. The van der Waals surface area contributed by atoms with Crippen LogP contribution in [-0.4, -0.2) is 22.9 Å². The molecule has 0 amide bonds. The van der Waals surface area contributed by atoms with E-state index < -0.39 is 5.41 Å². The fourth-order valence-corrected chi connectivity index (χ4v) is 3.87. The van der Waals surface area contributed by atoms with Crippen molar-refractivity contribution < 1.29 is 9.53 Å². The molecule has 1 aromatic rings. The highest BCUT2D eigenvalue weighted by Crippen LogP contribution is 2.50. The zero-order valence-corrected chi connectivity index (χ0v) is 12.4. The van der Waals surface area contributed by atoms with Crippen LogP contribution in [0.5, 0.6) is 5.88 Å². The fraction of sp³-hybridized carbons (Fsp3) is 0.500. The van der Waals surface area contributed by atoms with Crippen molar-refractivity contribution in [3.63, 3.8) is 0 Å². The first kappa shape index (κ1) is 13.7. The van der Waals surface area contributed by atoms with Crippen LogP contribution in [0.3, 0.4) is 0 Å². The number of hydrogen-bond donors (Lipinski definition) is 0.